The van der Waals surface area contributed by atoms with Crippen molar-refractivity contribution in [1.29, 1.82) is 0 Å². The third-order valence-electron chi connectivity index (χ3n) is 3.24. The van der Waals surface area contributed by atoms with Crippen molar-refractivity contribution in [3.63, 3.8) is 0 Å². The second-order valence-corrected chi connectivity index (χ2v) is 6.00. The van der Waals surface area contributed by atoms with Crippen molar-refractivity contribution in [3.05, 3.63) is 0 Å². The topological polar surface area (TPSA) is 75.8 Å². The first-order valence-electron chi connectivity index (χ1n) is 6.68. The number of rotatable bonds is 2. The van der Waals surface area contributed by atoms with Crippen LogP contribution in [0.3, 0.4) is 0 Å². The zero-order chi connectivity index (χ0) is 13.8. The van der Waals surface area contributed by atoms with Crippen LogP contribution in [0.15, 0.2) is 0 Å². The number of nitrogens with zero attached hydrogens (tertiary/aromatic N) is 1. The van der Waals surface area contributed by atoms with Crippen LogP contribution in [-0.2, 0) is 4.74 Å². The molecule has 2 atom stereocenters. The van der Waals surface area contributed by atoms with Gasteiger partial charge in [0.05, 0.1) is 6.61 Å². The van der Waals surface area contributed by atoms with Crippen molar-refractivity contribution in [1.82, 2.24) is 4.90 Å². The predicted octanol–water partition coefficient (Wildman–Crippen LogP) is 1.34. The lowest BCUT2D eigenvalue weighted by molar-refractivity contribution is 0.0254. The van der Waals surface area contributed by atoms with Gasteiger partial charge in [0.1, 0.15) is 5.60 Å². The third-order valence-corrected chi connectivity index (χ3v) is 3.24. The lowest BCUT2D eigenvalue weighted by atomic mass is 9.93. The summed E-state index contributed by atoms with van der Waals surface area (Å²) in [5.41, 5.74) is 5.40. The van der Waals surface area contributed by atoms with Gasteiger partial charge in [-0.15, -0.1) is 0 Å². The standard InChI is InChI=1S/C13H26N2O3/c1-13(2,3)18-12(17)15-7-4-5-10(6-8-15)11(14)9-16/h10-11,16H,4-9,14H2,1-3H3. The fraction of sp³-hybridized carbons (Fsp3) is 0.923. The molecule has 18 heavy (non-hydrogen) atoms. The molecule has 1 rings (SSSR count). The molecular weight excluding hydrogens is 232 g/mol. The van der Waals surface area contributed by atoms with Gasteiger partial charge in [0, 0.05) is 19.1 Å². The number of likely N-dealkylation sites (tertiary alicyclic amines) is 1. The summed E-state index contributed by atoms with van der Waals surface area (Å²) in [4.78, 5) is 13.7. The lowest BCUT2D eigenvalue weighted by Crippen LogP contribution is -2.38. The van der Waals surface area contributed by atoms with E-state index in [2.05, 4.69) is 0 Å². The molecular formula is C13H26N2O3. The van der Waals surface area contributed by atoms with Crippen LogP contribution in [0.1, 0.15) is 40.0 Å². The van der Waals surface area contributed by atoms with Crippen LogP contribution < -0.4 is 5.73 Å². The second-order valence-electron chi connectivity index (χ2n) is 6.00. The van der Waals surface area contributed by atoms with Gasteiger partial charge >= 0.3 is 6.09 Å². The summed E-state index contributed by atoms with van der Waals surface area (Å²) < 4.78 is 5.36. The minimum Gasteiger partial charge on any atom is -0.444 e. The average molecular weight is 258 g/mol. The molecule has 0 aromatic rings. The van der Waals surface area contributed by atoms with Crippen molar-refractivity contribution < 1.29 is 14.6 Å². The number of nitrogens with two attached hydrogens (primary N) is 1. The molecule has 106 valence electrons. The highest BCUT2D eigenvalue weighted by atomic mass is 16.6. The van der Waals surface area contributed by atoms with Crippen LogP contribution in [0.2, 0.25) is 0 Å². The van der Waals surface area contributed by atoms with Crippen LogP contribution in [0.25, 0.3) is 0 Å². The number of hydrogen-bond donors (Lipinski definition) is 2. The van der Waals surface area contributed by atoms with Gasteiger partial charge in [0.2, 0.25) is 0 Å². The normalized spacial score (nSPS) is 23.4. The Morgan fingerprint density at radius 2 is 2.11 bits per heavy atom. The van der Waals surface area contributed by atoms with Crippen LogP contribution in [0.5, 0.6) is 0 Å². The van der Waals surface area contributed by atoms with E-state index in [4.69, 9.17) is 15.6 Å². The van der Waals surface area contributed by atoms with Crippen LogP contribution in [-0.4, -0.2) is 47.4 Å². The quantitative estimate of drug-likeness (QED) is 0.784. The number of aliphatic hydroxyl groups is 1. The molecule has 1 saturated heterocycles. The van der Waals surface area contributed by atoms with Gasteiger partial charge in [-0.25, -0.2) is 4.79 Å². The smallest absolute Gasteiger partial charge is 0.410 e. The first-order chi connectivity index (χ1) is 8.33. The van der Waals surface area contributed by atoms with Gasteiger partial charge < -0.3 is 20.5 Å². The van der Waals surface area contributed by atoms with E-state index in [1.54, 1.807) is 4.90 Å². The molecule has 0 bridgehead atoms. The molecule has 0 aromatic carbocycles. The molecule has 1 fully saturated rings. The van der Waals surface area contributed by atoms with E-state index in [1.165, 1.54) is 0 Å². The molecule has 1 aliphatic rings. The van der Waals surface area contributed by atoms with Crippen molar-refractivity contribution in [2.45, 2.75) is 51.7 Å². The largest absolute Gasteiger partial charge is 0.444 e. The van der Waals surface area contributed by atoms with E-state index in [9.17, 15) is 4.79 Å². The second kappa shape index (κ2) is 6.38. The summed E-state index contributed by atoms with van der Waals surface area (Å²) in [5.74, 6) is 0.294. The molecule has 0 aliphatic carbocycles. The van der Waals surface area contributed by atoms with Crippen molar-refractivity contribution in [3.8, 4) is 0 Å². The number of amides is 1. The molecule has 1 amide bonds. The summed E-state index contributed by atoms with van der Waals surface area (Å²) >= 11 is 0. The molecule has 5 heteroatoms. The summed E-state index contributed by atoms with van der Waals surface area (Å²) in [5, 5.41) is 9.08. The zero-order valence-electron chi connectivity index (χ0n) is 11.7. The van der Waals surface area contributed by atoms with Crippen LogP contribution in [0.4, 0.5) is 4.79 Å². The lowest BCUT2D eigenvalue weighted by Gasteiger charge is -2.26. The summed E-state index contributed by atoms with van der Waals surface area (Å²) in [6, 6.07) is -0.177. The monoisotopic (exact) mass is 258 g/mol. The van der Waals surface area contributed by atoms with Crippen LogP contribution in [0, 0.1) is 5.92 Å². The number of aliphatic hydroxyl groups excluding tert-OH is 1. The highest BCUT2D eigenvalue weighted by Crippen LogP contribution is 2.21. The summed E-state index contributed by atoms with van der Waals surface area (Å²) in [6.07, 6.45) is 2.46. The summed E-state index contributed by atoms with van der Waals surface area (Å²) in [7, 11) is 0. The molecule has 1 heterocycles. The van der Waals surface area contributed by atoms with Gasteiger partial charge in [-0.1, -0.05) is 0 Å². The maximum absolute atomic E-state index is 11.9. The third kappa shape index (κ3) is 4.82. The van der Waals surface area contributed by atoms with E-state index in [1.807, 2.05) is 20.8 Å². The van der Waals surface area contributed by atoms with E-state index < -0.39 is 5.60 Å². The predicted molar refractivity (Wildman–Crippen MR) is 70.2 cm³/mol. The Bertz CT molecular complexity index is 276. The first-order valence-corrected chi connectivity index (χ1v) is 6.68. The van der Waals surface area contributed by atoms with Gasteiger partial charge in [-0.05, 0) is 46.0 Å². The highest BCUT2D eigenvalue weighted by molar-refractivity contribution is 5.68. The number of hydrogen-bond acceptors (Lipinski definition) is 4. The molecule has 3 N–H and O–H groups in total. The van der Waals surface area contributed by atoms with Gasteiger partial charge in [-0.2, -0.15) is 0 Å². The molecule has 0 aromatic heterocycles. The fourth-order valence-electron chi connectivity index (χ4n) is 2.21. The van der Waals surface area contributed by atoms with E-state index in [0.717, 1.165) is 19.3 Å². The Kier molecular flexibility index (Phi) is 5.41. The van der Waals surface area contributed by atoms with Gasteiger partial charge in [0.25, 0.3) is 0 Å². The van der Waals surface area contributed by atoms with Gasteiger partial charge in [-0.3, -0.25) is 0 Å². The fourth-order valence-corrected chi connectivity index (χ4v) is 2.21. The Morgan fingerprint density at radius 1 is 1.44 bits per heavy atom. The molecule has 1 aliphatic heterocycles. The maximum Gasteiger partial charge on any atom is 0.410 e. The highest BCUT2D eigenvalue weighted by Gasteiger charge is 2.27. The molecule has 0 radical (unpaired) electrons. The Labute approximate surface area is 109 Å². The number of carbonyl (C=O) groups excluding carboxylic acids is 1. The Balaban J connectivity index is 2.49. The molecule has 0 spiro atoms. The Hall–Kier alpha value is -0.810. The van der Waals surface area contributed by atoms with Crippen molar-refractivity contribution in [2.24, 2.45) is 11.7 Å². The zero-order valence-corrected chi connectivity index (χ0v) is 11.7. The van der Waals surface area contributed by atoms with Crippen LogP contribution >= 0.6 is 0 Å². The average Bonchev–Trinajstić information content (AvgIpc) is 2.51. The molecule has 2 unspecified atom stereocenters. The van der Waals surface area contributed by atoms with Gasteiger partial charge in [0.15, 0.2) is 0 Å². The maximum atomic E-state index is 11.9. The number of carbonyl (C=O) groups is 1. The minimum atomic E-state index is -0.454. The van der Waals surface area contributed by atoms with Crippen molar-refractivity contribution >= 4 is 6.09 Å². The number of ether oxygens (including phenoxy) is 1. The van der Waals surface area contributed by atoms with Crippen molar-refractivity contribution in [2.75, 3.05) is 19.7 Å². The SMILES string of the molecule is CC(C)(C)OC(=O)N1CCCC(C(N)CO)CC1. The molecule has 5 nitrogen and oxygen atoms in total. The minimum absolute atomic E-state index is 0.0110. The summed E-state index contributed by atoms with van der Waals surface area (Å²) in [6.45, 7) is 6.99. The first kappa shape index (κ1) is 15.2. The van der Waals surface area contributed by atoms with E-state index >= 15 is 0 Å². The Morgan fingerprint density at radius 3 is 2.67 bits per heavy atom. The van der Waals surface area contributed by atoms with E-state index in [0.29, 0.717) is 19.0 Å². The molecule has 0 saturated carbocycles. The van der Waals surface area contributed by atoms with E-state index in [-0.39, 0.29) is 18.7 Å².